The van der Waals surface area contributed by atoms with Crippen LogP contribution in [0.4, 0.5) is 0 Å². The van der Waals surface area contributed by atoms with Crippen LogP contribution in [-0.4, -0.2) is 20.4 Å². The third-order valence-electron chi connectivity index (χ3n) is 0.418. The first-order valence-electron chi connectivity index (χ1n) is 1.62. The standard InChI is InChI=1S/C2H2N4S/c7-2-5-3-1-4-6-2/h1H,(H,5,6,7). The van der Waals surface area contributed by atoms with Crippen LogP contribution in [0.5, 0.6) is 0 Å². The van der Waals surface area contributed by atoms with Crippen molar-refractivity contribution in [3.8, 4) is 0 Å². The average Bonchev–Trinajstić information content (AvgIpc) is 1.69. The first-order chi connectivity index (χ1) is 3.39. The number of H-pyrrole nitrogens is 1. The van der Waals surface area contributed by atoms with E-state index in [2.05, 4.69) is 32.6 Å². The van der Waals surface area contributed by atoms with Gasteiger partial charge in [-0.25, -0.2) is 5.10 Å². The third kappa shape index (κ3) is 1.01. The molecule has 0 aliphatic carbocycles. The van der Waals surface area contributed by atoms with Gasteiger partial charge in [-0.1, -0.05) is 0 Å². The predicted octanol–water partition coefficient (Wildman–Crippen LogP) is -0.0708. The molecule has 36 valence electrons. The number of nitrogens with one attached hydrogen (secondary N) is 1. The summed E-state index contributed by atoms with van der Waals surface area (Å²) >= 11 is 4.52. The number of aromatic amines is 1. The fourth-order valence-corrected chi connectivity index (χ4v) is 0.310. The Kier molecular flexibility index (Phi) is 1.08. The molecule has 1 N–H and O–H groups in total. The lowest BCUT2D eigenvalue weighted by Crippen LogP contribution is -1.86. The lowest BCUT2D eigenvalue weighted by atomic mass is 11.3. The Morgan fingerprint density at radius 2 is 2.57 bits per heavy atom. The summed E-state index contributed by atoms with van der Waals surface area (Å²) in [6, 6.07) is 0. The van der Waals surface area contributed by atoms with Gasteiger partial charge < -0.3 is 0 Å². The molecule has 1 aromatic rings. The van der Waals surface area contributed by atoms with Crippen LogP contribution in [-0.2, 0) is 0 Å². The third-order valence-corrected chi connectivity index (χ3v) is 0.591. The van der Waals surface area contributed by atoms with Gasteiger partial charge in [0, 0.05) is 0 Å². The van der Waals surface area contributed by atoms with Crippen LogP contribution >= 0.6 is 12.2 Å². The Morgan fingerprint density at radius 1 is 1.71 bits per heavy atom. The van der Waals surface area contributed by atoms with Crippen LogP contribution in [0.25, 0.3) is 0 Å². The first-order valence-corrected chi connectivity index (χ1v) is 2.03. The quantitative estimate of drug-likeness (QED) is 0.480. The molecule has 7 heavy (non-hydrogen) atoms. The van der Waals surface area contributed by atoms with E-state index in [1.54, 1.807) is 0 Å². The van der Waals surface area contributed by atoms with E-state index < -0.39 is 0 Å². The van der Waals surface area contributed by atoms with Crippen LogP contribution in [0.3, 0.4) is 0 Å². The molecule has 1 heterocycles. The van der Waals surface area contributed by atoms with Gasteiger partial charge in [0.15, 0.2) is 6.33 Å². The molecule has 0 saturated heterocycles. The van der Waals surface area contributed by atoms with Crippen molar-refractivity contribution >= 4 is 12.2 Å². The Hall–Kier alpha value is -0.840. The molecule has 0 radical (unpaired) electrons. The normalized spacial score (nSPS) is 8.57. The zero-order valence-electron chi connectivity index (χ0n) is 3.33. The Morgan fingerprint density at radius 3 is 2.86 bits per heavy atom. The van der Waals surface area contributed by atoms with E-state index in [1.807, 2.05) is 0 Å². The summed E-state index contributed by atoms with van der Waals surface area (Å²) in [6.07, 6.45) is 1.29. The maximum atomic E-state index is 4.52. The first kappa shape index (κ1) is 4.32. The van der Waals surface area contributed by atoms with Crippen LogP contribution in [0.2, 0.25) is 0 Å². The topological polar surface area (TPSA) is 54.5 Å². The molecular formula is C2H2N4S. The molecule has 5 heteroatoms. The highest BCUT2D eigenvalue weighted by molar-refractivity contribution is 7.71. The van der Waals surface area contributed by atoms with Crippen LogP contribution in [0.15, 0.2) is 6.33 Å². The van der Waals surface area contributed by atoms with Gasteiger partial charge in [0.05, 0.1) is 0 Å². The largest absolute Gasteiger partial charge is 0.249 e. The maximum absolute atomic E-state index is 4.52. The number of hydrogen-bond donors (Lipinski definition) is 1. The molecule has 0 bridgehead atoms. The number of aromatic nitrogens is 4. The van der Waals surface area contributed by atoms with Crippen molar-refractivity contribution in [2.75, 3.05) is 0 Å². The van der Waals surface area contributed by atoms with Crippen LogP contribution < -0.4 is 0 Å². The smallest absolute Gasteiger partial charge is 0.234 e. The number of nitrogens with zero attached hydrogens (tertiary/aromatic N) is 3. The van der Waals surface area contributed by atoms with Crippen molar-refractivity contribution in [3.05, 3.63) is 11.1 Å². The Bertz CT molecular complexity index is 175. The predicted molar refractivity (Wildman–Crippen MR) is 25.0 cm³/mol. The maximum Gasteiger partial charge on any atom is 0.234 e. The van der Waals surface area contributed by atoms with Crippen molar-refractivity contribution in [2.45, 2.75) is 0 Å². The van der Waals surface area contributed by atoms with Gasteiger partial charge in [0.1, 0.15) is 0 Å². The van der Waals surface area contributed by atoms with Crippen LogP contribution in [0, 0.1) is 4.77 Å². The van der Waals surface area contributed by atoms with Gasteiger partial charge in [-0.05, 0) is 12.2 Å². The molecule has 4 nitrogen and oxygen atoms in total. The van der Waals surface area contributed by atoms with E-state index in [0.29, 0.717) is 4.77 Å². The van der Waals surface area contributed by atoms with E-state index in [-0.39, 0.29) is 0 Å². The monoisotopic (exact) mass is 114 g/mol. The molecule has 0 spiro atoms. The molecule has 0 unspecified atom stereocenters. The van der Waals surface area contributed by atoms with E-state index in [9.17, 15) is 0 Å². The zero-order chi connectivity index (χ0) is 5.11. The molecule has 0 aliphatic rings. The second kappa shape index (κ2) is 1.74. The van der Waals surface area contributed by atoms with E-state index in [0.717, 1.165) is 0 Å². The van der Waals surface area contributed by atoms with Gasteiger partial charge in [0.25, 0.3) is 0 Å². The molecular weight excluding hydrogens is 112 g/mol. The number of hydrogen-bond acceptors (Lipinski definition) is 4. The summed E-state index contributed by atoms with van der Waals surface area (Å²) in [5.41, 5.74) is 0. The van der Waals surface area contributed by atoms with Crippen LogP contribution in [0.1, 0.15) is 0 Å². The highest BCUT2D eigenvalue weighted by atomic mass is 32.1. The average molecular weight is 114 g/mol. The van der Waals surface area contributed by atoms with Crippen molar-refractivity contribution in [1.82, 2.24) is 20.4 Å². The van der Waals surface area contributed by atoms with Gasteiger partial charge in [-0.3, -0.25) is 0 Å². The SMILES string of the molecule is S=c1nncn[nH]1. The van der Waals surface area contributed by atoms with Gasteiger partial charge in [-0.2, -0.15) is 5.10 Å². The fraction of sp³-hybridized carbons (Fsp3) is 0. The van der Waals surface area contributed by atoms with Gasteiger partial charge in [-0.15, -0.1) is 10.2 Å². The molecule has 0 atom stereocenters. The number of rotatable bonds is 0. The van der Waals surface area contributed by atoms with E-state index in [4.69, 9.17) is 0 Å². The molecule has 1 aromatic heterocycles. The van der Waals surface area contributed by atoms with E-state index in [1.165, 1.54) is 6.33 Å². The summed E-state index contributed by atoms with van der Waals surface area (Å²) < 4.78 is 0.308. The molecule has 0 fully saturated rings. The highest BCUT2D eigenvalue weighted by Crippen LogP contribution is 1.62. The lowest BCUT2D eigenvalue weighted by molar-refractivity contribution is 0.836. The van der Waals surface area contributed by atoms with E-state index >= 15 is 0 Å². The minimum Gasteiger partial charge on any atom is -0.249 e. The fourth-order valence-electron chi connectivity index (χ4n) is 0.211. The lowest BCUT2D eigenvalue weighted by Gasteiger charge is -1.74. The van der Waals surface area contributed by atoms with Crippen molar-refractivity contribution < 1.29 is 0 Å². The molecule has 1 rings (SSSR count). The molecule has 0 amide bonds. The van der Waals surface area contributed by atoms with Gasteiger partial charge >= 0.3 is 0 Å². The Labute approximate surface area is 44.6 Å². The summed E-state index contributed by atoms with van der Waals surface area (Å²) in [5.74, 6) is 0. The Balaban J connectivity index is 3.28. The molecule has 0 aliphatic heterocycles. The minimum atomic E-state index is 0.308. The van der Waals surface area contributed by atoms with Crippen molar-refractivity contribution in [3.63, 3.8) is 0 Å². The second-order valence-electron chi connectivity index (χ2n) is 0.877. The zero-order valence-corrected chi connectivity index (χ0v) is 4.14. The second-order valence-corrected chi connectivity index (χ2v) is 1.26. The summed E-state index contributed by atoms with van der Waals surface area (Å²) in [4.78, 5) is 0. The molecule has 0 aromatic carbocycles. The summed E-state index contributed by atoms with van der Waals surface area (Å²) in [6.45, 7) is 0. The summed E-state index contributed by atoms with van der Waals surface area (Å²) in [7, 11) is 0. The highest BCUT2D eigenvalue weighted by Gasteiger charge is 1.68. The van der Waals surface area contributed by atoms with Crippen molar-refractivity contribution in [1.29, 1.82) is 0 Å². The summed E-state index contributed by atoms with van der Waals surface area (Å²) in [5, 5.41) is 12.7. The van der Waals surface area contributed by atoms with Crippen molar-refractivity contribution in [2.24, 2.45) is 0 Å². The molecule has 0 saturated carbocycles. The minimum absolute atomic E-state index is 0.308. The van der Waals surface area contributed by atoms with Gasteiger partial charge in [0.2, 0.25) is 4.77 Å².